The normalized spacial score (nSPS) is 12.7. The first-order chi connectivity index (χ1) is 30.5. The number of unbranched alkanes of at least 4 members (excludes halogenated alkanes) is 27. The average Bonchev–Trinajstić information content (AvgIpc) is 3.26. The van der Waals surface area contributed by atoms with Gasteiger partial charge in [0.1, 0.15) is 0 Å². The monoisotopic (exact) mass is 862 g/mol. The first-order valence-electron chi connectivity index (χ1n) is 27.2. The molecule has 0 aliphatic carbocycles. The third-order valence-corrected chi connectivity index (χ3v) is 12.3. The van der Waals surface area contributed by atoms with E-state index in [1.807, 2.05) is 0 Å². The second kappa shape index (κ2) is 49.9. The maximum Gasteiger partial charge on any atom is 0.313 e. The van der Waals surface area contributed by atoms with Crippen LogP contribution in [0, 0.1) is 5.41 Å². The number of carbonyl (C=O) groups is 1. The van der Waals surface area contributed by atoms with Crippen molar-refractivity contribution in [1.29, 1.82) is 0 Å². The van der Waals surface area contributed by atoms with Gasteiger partial charge < -0.3 is 9.64 Å². The van der Waals surface area contributed by atoms with Crippen molar-refractivity contribution in [2.45, 2.75) is 265 Å². The molecule has 0 bridgehead atoms. The van der Waals surface area contributed by atoms with Crippen molar-refractivity contribution < 1.29 is 9.53 Å². The number of allylic oxidation sites excluding steroid dienone is 12. The molecule has 0 radical (unpaired) electrons. The number of nitrogens with zero attached hydrogens (tertiary/aromatic N) is 1. The SMILES string of the molecule is CCCCC/C=C\C/C=C\CCCCCCCCOC(=O)C(CCCCCCCC/C=C\C/C=C\CCCCC)(CCCCCCCC/C=C\C/C=C\CCCCC)CN(C)C. The number of hydrogen-bond donors (Lipinski definition) is 0. The van der Waals surface area contributed by atoms with Gasteiger partial charge in [-0.3, -0.25) is 4.79 Å². The average molecular weight is 863 g/mol. The van der Waals surface area contributed by atoms with E-state index in [-0.39, 0.29) is 11.4 Å². The molecule has 0 unspecified atom stereocenters. The smallest absolute Gasteiger partial charge is 0.313 e. The highest BCUT2D eigenvalue weighted by Gasteiger charge is 2.39. The summed E-state index contributed by atoms with van der Waals surface area (Å²) in [6.45, 7) is 8.18. The number of rotatable bonds is 48. The van der Waals surface area contributed by atoms with E-state index in [2.05, 4.69) is 113 Å². The molecule has 0 N–H and O–H groups in total. The lowest BCUT2D eigenvalue weighted by atomic mass is 9.77. The van der Waals surface area contributed by atoms with Crippen molar-refractivity contribution in [2.75, 3.05) is 27.2 Å². The molecule has 0 aliphatic heterocycles. The fraction of sp³-hybridized carbons (Fsp3) is 0.780. The highest BCUT2D eigenvalue weighted by atomic mass is 16.5. The van der Waals surface area contributed by atoms with Crippen LogP contribution in [0.3, 0.4) is 0 Å². The Morgan fingerprint density at radius 2 is 0.645 bits per heavy atom. The third-order valence-electron chi connectivity index (χ3n) is 12.3. The van der Waals surface area contributed by atoms with Crippen LogP contribution in [0.5, 0.6) is 0 Å². The quantitative estimate of drug-likeness (QED) is 0.0347. The van der Waals surface area contributed by atoms with E-state index in [4.69, 9.17) is 4.74 Å². The minimum absolute atomic E-state index is 0.0824. The fourth-order valence-corrected chi connectivity index (χ4v) is 8.47. The van der Waals surface area contributed by atoms with Gasteiger partial charge in [-0.1, -0.05) is 222 Å². The van der Waals surface area contributed by atoms with E-state index in [1.54, 1.807) is 0 Å². The molecule has 62 heavy (non-hydrogen) atoms. The van der Waals surface area contributed by atoms with Crippen LogP contribution in [0.15, 0.2) is 72.9 Å². The Bertz CT molecular complexity index is 1050. The van der Waals surface area contributed by atoms with Gasteiger partial charge in [-0.15, -0.1) is 0 Å². The lowest BCUT2D eigenvalue weighted by Crippen LogP contribution is -2.42. The van der Waals surface area contributed by atoms with Crippen molar-refractivity contribution in [2.24, 2.45) is 5.41 Å². The summed E-state index contributed by atoms with van der Waals surface area (Å²) in [6, 6.07) is 0. The molecule has 360 valence electrons. The molecule has 0 saturated carbocycles. The van der Waals surface area contributed by atoms with Gasteiger partial charge >= 0.3 is 5.97 Å². The van der Waals surface area contributed by atoms with Crippen LogP contribution in [-0.4, -0.2) is 38.1 Å². The molecule has 0 aliphatic rings. The summed E-state index contributed by atoms with van der Waals surface area (Å²) in [7, 11) is 4.28. The fourth-order valence-electron chi connectivity index (χ4n) is 8.47. The van der Waals surface area contributed by atoms with Crippen molar-refractivity contribution in [3.63, 3.8) is 0 Å². The minimum Gasteiger partial charge on any atom is -0.465 e. The van der Waals surface area contributed by atoms with Gasteiger partial charge in [-0.05, 0) is 130 Å². The molecule has 0 atom stereocenters. The maximum absolute atomic E-state index is 14.1. The lowest BCUT2D eigenvalue weighted by Gasteiger charge is -2.34. The minimum atomic E-state index is -0.383. The summed E-state index contributed by atoms with van der Waals surface area (Å²) in [5.74, 6) is 0.0824. The van der Waals surface area contributed by atoms with Gasteiger partial charge in [-0.25, -0.2) is 0 Å². The second-order valence-corrected chi connectivity index (χ2v) is 18.9. The van der Waals surface area contributed by atoms with Crippen LogP contribution in [0.2, 0.25) is 0 Å². The Morgan fingerprint density at radius 3 is 0.952 bits per heavy atom. The zero-order valence-corrected chi connectivity index (χ0v) is 42.5. The molecule has 0 heterocycles. The van der Waals surface area contributed by atoms with E-state index in [1.165, 1.54) is 186 Å². The third kappa shape index (κ3) is 43.1. The Morgan fingerprint density at radius 1 is 0.371 bits per heavy atom. The number of esters is 1. The van der Waals surface area contributed by atoms with E-state index < -0.39 is 0 Å². The molecule has 0 spiro atoms. The zero-order valence-electron chi connectivity index (χ0n) is 42.5. The predicted octanol–water partition coefficient (Wildman–Crippen LogP) is 19.3. The number of ether oxygens (including phenoxy) is 1. The Hall–Kier alpha value is -2.13. The molecule has 0 aromatic rings. The molecular formula is C59H107NO2. The number of hydrogen-bond acceptors (Lipinski definition) is 3. The van der Waals surface area contributed by atoms with E-state index >= 15 is 0 Å². The molecule has 0 amide bonds. The molecular weight excluding hydrogens is 755 g/mol. The number of carbonyl (C=O) groups excluding carboxylic acids is 1. The lowest BCUT2D eigenvalue weighted by molar-refractivity contribution is -0.158. The van der Waals surface area contributed by atoms with E-state index in [0.717, 1.165) is 64.3 Å². The molecule has 0 rings (SSSR count). The zero-order chi connectivity index (χ0) is 45.1. The van der Waals surface area contributed by atoms with Gasteiger partial charge in [0.05, 0.1) is 12.0 Å². The molecule has 0 fully saturated rings. The van der Waals surface area contributed by atoms with Crippen LogP contribution >= 0.6 is 0 Å². The predicted molar refractivity (Wildman–Crippen MR) is 279 cm³/mol. The Labute approximate surface area is 389 Å². The first-order valence-corrected chi connectivity index (χ1v) is 27.2. The van der Waals surface area contributed by atoms with Gasteiger partial charge in [0.15, 0.2) is 0 Å². The first kappa shape index (κ1) is 59.9. The van der Waals surface area contributed by atoms with E-state index in [9.17, 15) is 4.79 Å². The highest BCUT2D eigenvalue weighted by Crippen LogP contribution is 2.35. The Kier molecular flexibility index (Phi) is 48.2. The van der Waals surface area contributed by atoms with Crippen LogP contribution < -0.4 is 0 Å². The van der Waals surface area contributed by atoms with Crippen LogP contribution in [0.4, 0.5) is 0 Å². The maximum atomic E-state index is 14.1. The van der Waals surface area contributed by atoms with Crippen molar-refractivity contribution >= 4 is 5.97 Å². The van der Waals surface area contributed by atoms with Crippen LogP contribution in [-0.2, 0) is 9.53 Å². The van der Waals surface area contributed by atoms with Crippen LogP contribution in [0.25, 0.3) is 0 Å². The van der Waals surface area contributed by atoms with Gasteiger partial charge in [-0.2, -0.15) is 0 Å². The Balaban J connectivity index is 4.72. The topological polar surface area (TPSA) is 29.5 Å². The summed E-state index contributed by atoms with van der Waals surface area (Å²) in [4.78, 5) is 16.3. The van der Waals surface area contributed by atoms with Crippen molar-refractivity contribution in [3.8, 4) is 0 Å². The van der Waals surface area contributed by atoms with Crippen molar-refractivity contribution in [1.82, 2.24) is 4.90 Å². The van der Waals surface area contributed by atoms with Crippen molar-refractivity contribution in [3.05, 3.63) is 72.9 Å². The van der Waals surface area contributed by atoms with E-state index in [0.29, 0.717) is 6.61 Å². The van der Waals surface area contributed by atoms with Crippen LogP contribution in [0.1, 0.15) is 265 Å². The molecule has 0 aromatic carbocycles. The van der Waals surface area contributed by atoms with Gasteiger partial charge in [0.2, 0.25) is 0 Å². The summed E-state index contributed by atoms with van der Waals surface area (Å²) in [6.07, 6.45) is 74.8. The molecule has 3 nitrogen and oxygen atoms in total. The van der Waals surface area contributed by atoms with Gasteiger partial charge in [0.25, 0.3) is 0 Å². The summed E-state index contributed by atoms with van der Waals surface area (Å²) >= 11 is 0. The largest absolute Gasteiger partial charge is 0.465 e. The summed E-state index contributed by atoms with van der Waals surface area (Å²) in [5, 5.41) is 0. The standard InChI is InChI=1S/C59H107NO2/c1-6-9-12-15-18-21-24-27-30-33-36-39-42-45-48-51-54-59(57-60(4)5,55-52-49-46-43-40-37-34-31-28-25-22-19-16-13-10-7-2)58(61)62-56-53-50-47-44-41-38-35-32-29-26-23-20-17-14-11-8-3/h18-23,27-32H,6-17,24-26,33-57H2,1-5H3/b21-18-,22-19-,23-20-,30-27-,31-28-,32-29-. The molecule has 0 saturated heterocycles. The van der Waals surface area contributed by atoms with Gasteiger partial charge in [0, 0.05) is 6.54 Å². The summed E-state index contributed by atoms with van der Waals surface area (Å²) < 4.78 is 6.18. The molecule has 3 heteroatoms. The summed E-state index contributed by atoms with van der Waals surface area (Å²) in [5.41, 5.74) is -0.383. The highest BCUT2D eigenvalue weighted by molar-refractivity contribution is 5.77. The second-order valence-electron chi connectivity index (χ2n) is 18.9. The molecule has 0 aromatic heterocycles.